The summed E-state index contributed by atoms with van der Waals surface area (Å²) in [5, 5.41) is 16.4. The maximum atomic E-state index is 13.4. The molecule has 2 bridgehead atoms. The van der Waals surface area contributed by atoms with Crippen molar-refractivity contribution in [3.63, 3.8) is 0 Å². The summed E-state index contributed by atoms with van der Waals surface area (Å²) in [6, 6.07) is -0.0234. The Morgan fingerprint density at radius 3 is 2.45 bits per heavy atom. The number of ether oxygens (including phenoxy) is 2. The van der Waals surface area contributed by atoms with Gasteiger partial charge in [0.15, 0.2) is 0 Å². The van der Waals surface area contributed by atoms with Crippen molar-refractivity contribution in [3.05, 3.63) is 29.1 Å². The van der Waals surface area contributed by atoms with E-state index in [0.29, 0.717) is 48.5 Å². The number of aromatic nitrogens is 2. The predicted octanol–water partition coefficient (Wildman–Crippen LogP) is 8.42. The predicted molar refractivity (Wildman–Crippen MR) is 187 cm³/mol. The Labute approximate surface area is 288 Å². The summed E-state index contributed by atoms with van der Waals surface area (Å²) in [6.45, 7) is 24.4. The standard InChI is InChI=1S/C39H62ClN3O4/c1-23(2)25(5)34(6)15-16-36(8)27-11-12-30-35(7)20-46-22-39(30,28(27)13-14-37(36,9)31(34)33(44)45)17-29(43-19-26(40)18-42-43)32(35)47-21-38(10,41)24(3)4/h13,18-19,23-25,27,29-32H,11-12,14-17,20-22,41H2,1-10H3,(H,44,45)/t25-,27+,29-,30+,31-,32+,34-,35-,36-,37+,38+,39+/m1/s1. The fourth-order valence-electron chi connectivity index (χ4n) is 12.1. The van der Waals surface area contributed by atoms with Gasteiger partial charge in [0, 0.05) is 22.6 Å². The van der Waals surface area contributed by atoms with Gasteiger partial charge in [-0.05, 0) is 91.3 Å². The van der Waals surface area contributed by atoms with E-state index in [1.807, 2.05) is 6.20 Å². The number of carbonyl (C=O) groups is 1. The van der Waals surface area contributed by atoms with E-state index in [-0.39, 0.29) is 45.1 Å². The Morgan fingerprint density at radius 1 is 1.15 bits per heavy atom. The zero-order chi connectivity index (χ0) is 34.5. The molecule has 4 fully saturated rings. The monoisotopic (exact) mass is 671 g/mol. The average Bonchev–Trinajstić information content (AvgIpc) is 3.42. The first-order valence-electron chi connectivity index (χ1n) is 18.4. The number of carboxylic acids is 1. The molecule has 0 spiro atoms. The number of allylic oxidation sites excluding steroid dienone is 1. The van der Waals surface area contributed by atoms with Crippen LogP contribution in [0.25, 0.3) is 0 Å². The minimum atomic E-state index is -0.618. The number of aliphatic carboxylic acids is 1. The number of hydrogen-bond donors (Lipinski definition) is 2. The van der Waals surface area contributed by atoms with E-state index < -0.39 is 17.4 Å². The molecule has 0 radical (unpaired) electrons. The first-order chi connectivity index (χ1) is 21.8. The summed E-state index contributed by atoms with van der Waals surface area (Å²) in [6.07, 6.45) is 11.9. The summed E-state index contributed by atoms with van der Waals surface area (Å²) < 4.78 is 15.7. The summed E-state index contributed by atoms with van der Waals surface area (Å²) in [5.41, 5.74) is 6.70. The van der Waals surface area contributed by atoms with Gasteiger partial charge in [-0.15, -0.1) is 0 Å². The van der Waals surface area contributed by atoms with Gasteiger partial charge in [0.05, 0.1) is 49.1 Å². The molecule has 6 rings (SSSR count). The third kappa shape index (κ3) is 4.97. The average molecular weight is 672 g/mol. The molecule has 0 amide bonds. The van der Waals surface area contributed by atoms with Gasteiger partial charge < -0.3 is 20.3 Å². The van der Waals surface area contributed by atoms with Crippen molar-refractivity contribution >= 4 is 17.6 Å². The molecule has 1 aromatic heterocycles. The quantitative estimate of drug-likeness (QED) is 0.269. The molecule has 1 aliphatic heterocycles. The molecule has 12 atom stereocenters. The second kappa shape index (κ2) is 11.6. The van der Waals surface area contributed by atoms with E-state index in [0.717, 1.165) is 38.5 Å². The fraction of sp³-hybridized carbons (Fsp3) is 0.846. The van der Waals surface area contributed by atoms with Gasteiger partial charge >= 0.3 is 5.97 Å². The lowest BCUT2D eigenvalue weighted by molar-refractivity contribution is -0.252. The van der Waals surface area contributed by atoms with Crippen LogP contribution in [-0.4, -0.2) is 52.3 Å². The van der Waals surface area contributed by atoms with Gasteiger partial charge in [0.1, 0.15) is 0 Å². The lowest BCUT2D eigenvalue weighted by Gasteiger charge is -2.71. The lowest BCUT2D eigenvalue weighted by Crippen LogP contribution is -2.69. The summed E-state index contributed by atoms with van der Waals surface area (Å²) in [5.74, 6) is 0.704. The third-order valence-electron chi connectivity index (χ3n) is 15.9. The SMILES string of the molecule is CC(C)[C@@H](C)[C@@]1(C)CC[C@]2(C)[C@H]3CC[C@@H]4[C@@]5(COC[C@@]4(C)[C@@H](OC[C@](C)(N)C(C)C)[C@H](n4cc(Cl)cn4)C5)C3=CC[C@@]2(C)[C@@H]1C(=O)O. The number of halogens is 1. The Hall–Kier alpha value is -1.41. The molecule has 0 unspecified atom stereocenters. The van der Waals surface area contributed by atoms with Crippen LogP contribution in [0.4, 0.5) is 0 Å². The van der Waals surface area contributed by atoms with Crippen LogP contribution in [-0.2, 0) is 14.3 Å². The van der Waals surface area contributed by atoms with Crippen molar-refractivity contribution in [3.8, 4) is 0 Å². The van der Waals surface area contributed by atoms with Crippen LogP contribution in [0.3, 0.4) is 0 Å². The Kier molecular flexibility index (Phi) is 8.72. The molecule has 1 aromatic rings. The van der Waals surface area contributed by atoms with Gasteiger partial charge in [-0.2, -0.15) is 5.10 Å². The van der Waals surface area contributed by atoms with E-state index in [9.17, 15) is 9.90 Å². The smallest absolute Gasteiger partial charge is 0.307 e. The molecule has 5 aliphatic rings. The number of nitrogens with zero attached hydrogens (tertiary/aromatic N) is 2. The highest BCUT2D eigenvalue weighted by Gasteiger charge is 2.72. The third-order valence-corrected chi connectivity index (χ3v) is 16.1. The normalized spacial score (nSPS) is 45.0. The minimum Gasteiger partial charge on any atom is -0.481 e. The van der Waals surface area contributed by atoms with E-state index >= 15 is 0 Å². The summed E-state index contributed by atoms with van der Waals surface area (Å²) in [7, 11) is 0. The second-order valence-corrected chi connectivity index (χ2v) is 19.1. The van der Waals surface area contributed by atoms with E-state index in [2.05, 4.69) is 80.0 Å². The van der Waals surface area contributed by atoms with Crippen LogP contribution >= 0.6 is 11.6 Å². The molecule has 4 aliphatic carbocycles. The largest absolute Gasteiger partial charge is 0.481 e. The van der Waals surface area contributed by atoms with Crippen molar-refractivity contribution in [1.29, 1.82) is 0 Å². The molecule has 3 N–H and O–H groups in total. The molecule has 47 heavy (non-hydrogen) atoms. The van der Waals surface area contributed by atoms with Crippen molar-refractivity contribution in [2.24, 2.45) is 68.3 Å². The van der Waals surface area contributed by atoms with Crippen LogP contribution in [0.1, 0.15) is 114 Å². The molecule has 3 saturated carbocycles. The van der Waals surface area contributed by atoms with Crippen molar-refractivity contribution in [1.82, 2.24) is 9.78 Å². The number of nitrogens with two attached hydrogens (primary N) is 1. The molecule has 7 nitrogen and oxygen atoms in total. The topological polar surface area (TPSA) is 99.6 Å². The fourth-order valence-corrected chi connectivity index (χ4v) is 12.2. The van der Waals surface area contributed by atoms with Gasteiger partial charge in [-0.25, -0.2) is 0 Å². The van der Waals surface area contributed by atoms with E-state index in [4.69, 9.17) is 31.9 Å². The Bertz CT molecular complexity index is 1410. The van der Waals surface area contributed by atoms with Gasteiger partial charge in [-0.1, -0.05) is 85.6 Å². The molecular weight excluding hydrogens is 610 g/mol. The van der Waals surface area contributed by atoms with Crippen LogP contribution < -0.4 is 5.73 Å². The van der Waals surface area contributed by atoms with Crippen LogP contribution in [0.15, 0.2) is 24.0 Å². The van der Waals surface area contributed by atoms with E-state index in [1.165, 1.54) is 5.57 Å². The zero-order valence-electron chi connectivity index (χ0n) is 30.7. The highest BCUT2D eigenvalue weighted by molar-refractivity contribution is 6.30. The molecule has 0 aromatic carbocycles. The van der Waals surface area contributed by atoms with Gasteiger partial charge in [-0.3, -0.25) is 9.48 Å². The first-order valence-corrected chi connectivity index (χ1v) is 18.8. The maximum Gasteiger partial charge on any atom is 0.307 e. The Balaban J connectivity index is 1.44. The second-order valence-electron chi connectivity index (χ2n) is 18.6. The summed E-state index contributed by atoms with van der Waals surface area (Å²) >= 11 is 6.51. The highest BCUT2D eigenvalue weighted by atomic mass is 35.5. The molecule has 264 valence electrons. The van der Waals surface area contributed by atoms with E-state index in [1.54, 1.807) is 6.20 Å². The van der Waals surface area contributed by atoms with Crippen molar-refractivity contribution < 1.29 is 19.4 Å². The number of hydrogen-bond acceptors (Lipinski definition) is 5. The Morgan fingerprint density at radius 2 is 1.85 bits per heavy atom. The van der Waals surface area contributed by atoms with Crippen molar-refractivity contribution in [2.45, 2.75) is 125 Å². The van der Waals surface area contributed by atoms with Crippen LogP contribution in [0, 0.1) is 62.6 Å². The first kappa shape index (κ1) is 35.4. The van der Waals surface area contributed by atoms with Gasteiger partial charge in [0.2, 0.25) is 0 Å². The number of fused-ring (bicyclic) bond motifs is 3. The molecule has 1 saturated heterocycles. The zero-order valence-corrected chi connectivity index (χ0v) is 31.5. The maximum absolute atomic E-state index is 13.4. The lowest BCUT2D eigenvalue weighted by atomic mass is 9.34. The van der Waals surface area contributed by atoms with Crippen LogP contribution in [0.2, 0.25) is 5.02 Å². The number of carboxylic acid groups (broad SMARTS) is 1. The number of rotatable bonds is 8. The van der Waals surface area contributed by atoms with Gasteiger partial charge in [0.25, 0.3) is 0 Å². The summed E-state index contributed by atoms with van der Waals surface area (Å²) in [4.78, 5) is 13.4. The van der Waals surface area contributed by atoms with Crippen molar-refractivity contribution in [2.75, 3.05) is 19.8 Å². The van der Waals surface area contributed by atoms with Crippen LogP contribution in [0.5, 0.6) is 0 Å². The molecular formula is C39H62ClN3O4. The molecule has 8 heteroatoms. The minimum absolute atomic E-state index is 0.0234. The molecule has 2 heterocycles. The highest BCUT2D eigenvalue weighted by Crippen LogP contribution is 2.75.